The third kappa shape index (κ3) is 5.97. The van der Waals surface area contributed by atoms with Gasteiger partial charge in [0.15, 0.2) is 11.0 Å². The summed E-state index contributed by atoms with van der Waals surface area (Å²) in [4.78, 5) is 17.3. The number of hydrogen-bond acceptors (Lipinski definition) is 3. The highest BCUT2D eigenvalue weighted by Gasteiger charge is 2.26. The molecule has 0 spiro atoms. The third-order valence-electron chi connectivity index (χ3n) is 6.64. The summed E-state index contributed by atoms with van der Waals surface area (Å²) in [6.07, 6.45) is 6.59. The SMILES string of the molecule is CN(c1ccc2c(c1)nc(C(C)(C)C)n2CC1CCCCC1)S(=O)c1ccc(NC(=O)CBr)cc1. The molecule has 35 heavy (non-hydrogen) atoms. The van der Waals surface area contributed by atoms with Crippen LogP contribution in [0, 0.1) is 5.92 Å². The Balaban J connectivity index is 1.59. The fourth-order valence-electron chi connectivity index (χ4n) is 4.80. The maximum atomic E-state index is 13.3. The number of carbonyl (C=O) groups excluding carboxylic acids is 1. The first kappa shape index (κ1) is 25.9. The number of anilines is 2. The van der Waals surface area contributed by atoms with Gasteiger partial charge in [0.05, 0.1) is 26.9 Å². The average Bonchev–Trinajstić information content (AvgIpc) is 3.22. The molecule has 8 heteroatoms. The van der Waals surface area contributed by atoms with E-state index in [4.69, 9.17) is 4.98 Å². The predicted octanol–water partition coefficient (Wildman–Crippen LogP) is 6.41. The average molecular weight is 560 g/mol. The van der Waals surface area contributed by atoms with Crippen LogP contribution in [-0.2, 0) is 27.7 Å². The van der Waals surface area contributed by atoms with Gasteiger partial charge in [-0.15, -0.1) is 0 Å². The summed E-state index contributed by atoms with van der Waals surface area (Å²) in [5.74, 6) is 1.70. The molecule has 4 rings (SSSR count). The van der Waals surface area contributed by atoms with Gasteiger partial charge in [-0.25, -0.2) is 9.19 Å². The molecule has 0 aliphatic heterocycles. The van der Waals surface area contributed by atoms with Crippen LogP contribution < -0.4 is 9.62 Å². The van der Waals surface area contributed by atoms with Crippen molar-refractivity contribution in [2.24, 2.45) is 5.92 Å². The van der Waals surface area contributed by atoms with E-state index in [1.165, 1.54) is 32.1 Å². The number of fused-ring (bicyclic) bond motifs is 1. The van der Waals surface area contributed by atoms with Gasteiger partial charge in [0.25, 0.3) is 0 Å². The number of carbonyl (C=O) groups is 1. The van der Waals surface area contributed by atoms with Crippen molar-refractivity contribution in [3.05, 3.63) is 48.3 Å². The summed E-state index contributed by atoms with van der Waals surface area (Å²) in [7, 11) is 0.446. The Hall–Kier alpha value is -2.19. The minimum atomic E-state index is -1.39. The van der Waals surface area contributed by atoms with E-state index in [9.17, 15) is 9.00 Å². The van der Waals surface area contributed by atoms with Crippen LogP contribution in [0.5, 0.6) is 0 Å². The number of rotatable bonds is 7. The highest BCUT2D eigenvalue weighted by molar-refractivity contribution is 9.09. The number of halogens is 1. The van der Waals surface area contributed by atoms with Gasteiger partial charge >= 0.3 is 0 Å². The molecule has 1 atom stereocenters. The lowest BCUT2D eigenvalue weighted by Gasteiger charge is -2.26. The van der Waals surface area contributed by atoms with E-state index >= 15 is 0 Å². The van der Waals surface area contributed by atoms with E-state index in [0.29, 0.717) is 16.5 Å². The van der Waals surface area contributed by atoms with Crippen molar-refractivity contribution in [3.63, 3.8) is 0 Å². The second kappa shape index (κ2) is 10.8. The Morgan fingerprint density at radius 3 is 2.46 bits per heavy atom. The van der Waals surface area contributed by atoms with Crippen molar-refractivity contribution in [2.45, 2.75) is 69.7 Å². The highest BCUT2D eigenvalue weighted by atomic mass is 79.9. The number of alkyl halides is 1. The fourth-order valence-corrected chi connectivity index (χ4v) is 5.93. The van der Waals surface area contributed by atoms with Crippen LogP contribution >= 0.6 is 15.9 Å². The maximum absolute atomic E-state index is 13.3. The smallest absolute Gasteiger partial charge is 0.235 e. The third-order valence-corrected chi connectivity index (χ3v) is 8.53. The quantitative estimate of drug-likeness (QED) is 0.341. The number of hydrogen-bond donors (Lipinski definition) is 1. The molecule has 3 aromatic rings. The molecule has 0 radical (unpaired) electrons. The minimum absolute atomic E-state index is 0.0610. The monoisotopic (exact) mass is 558 g/mol. The Morgan fingerprint density at radius 1 is 1.14 bits per heavy atom. The number of imidazole rings is 1. The van der Waals surface area contributed by atoms with Crippen molar-refractivity contribution in [2.75, 3.05) is 22.0 Å². The number of amides is 1. The molecule has 1 saturated carbocycles. The molecule has 6 nitrogen and oxygen atoms in total. The first-order valence-corrected chi connectivity index (χ1v) is 14.5. The molecule has 0 bridgehead atoms. The van der Waals surface area contributed by atoms with Crippen LogP contribution in [0.15, 0.2) is 47.4 Å². The van der Waals surface area contributed by atoms with E-state index in [-0.39, 0.29) is 16.7 Å². The van der Waals surface area contributed by atoms with Crippen LogP contribution in [-0.4, -0.2) is 32.0 Å². The topological polar surface area (TPSA) is 67.2 Å². The Kier molecular flexibility index (Phi) is 8.01. The van der Waals surface area contributed by atoms with E-state index in [0.717, 1.165) is 29.1 Å². The maximum Gasteiger partial charge on any atom is 0.235 e. The zero-order valence-electron chi connectivity index (χ0n) is 21.0. The van der Waals surface area contributed by atoms with E-state index in [1.54, 1.807) is 28.6 Å². The van der Waals surface area contributed by atoms with E-state index in [1.807, 2.05) is 19.2 Å². The van der Waals surface area contributed by atoms with Crippen molar-refractivity contribution >= 4 is 55.2 Å². The summed E-state index contributed by atoms with van der Waals surface area (Å²) < 4.78 is 17.5. The van der Waals surface area contributed by atoms with Crippen LogP contribution in [0.4, 0.5) is 11.4 Å². The fraction of sp³-hybridized carbons (Fsp3) is 0.481. The summed E-state index contributed by atoms with van der Waals surface area (Å²) in [6.45, 7) is 7.68. The lowest BCUT2D eigenvalue weighted by Crippen LogP contribution is -2.22. The van der Waals surface area contributed by atoms with Crippen LogP contribution in [0.1, 0.15) is 58.7 Å². The number of nitrogens with zero attached hydrogens (tertiary/aromatic N) is 3. The second-order valence-electron chi connectivity index (χ2n) is 10.4. The van der Waals surface area contributed by atoms with Crippen LogP contribution in [0.25, 0.3) is 11.0 Å². The molecule has 1 heterocycles. The van der Waals surface area contributed by atoms with Gasteiger partial charge in [-0.3, -0.25) is 9.10 Å². The Bertz CT molecular complexity index is 1210. The standard InChI is InChI=1S/C27H35BrN4O2S/c1-27(2,3)26-30-23-16-21(12-15-24(23)32(26)18-19-8-6-5-7-9-19)31(4)35(34)22-13-10-20(11-14-22)29-25(33)17-28/h10-16,19H,5-9,17-18H2,1-4H3,(H,29,33). The molecule has 1 N–H and O–H groups in total. The number of benzene rings is 2. The molecule has 1 fully saturated rings. The predicted molar refractivity (Wildman–Crippen MR) is 149 cm³/mol. The van der Waals surface area contributed by atoms with Gasteiger partial charge in [0.1, 0.15) is 5.82 Å². The zero-order chi connectivity index (χ0) is 25.2. The number of aromatic nitrogens is 2. The van der Waals surface area contributed by atoms with Gasteiger partial charge in [0, 0.05) is 24.7 Å². The van der Waals surface area contributed by atoms with E-state index < -0.39 is 11.0 Å². The second-order valence-corrected chi connectivity index (χ2v) is 12.5. The molecule has 1 aliphatic carbocycles. The lowest BCUT2D eigenvalue weighted by molar-refractivity contribution is -0.113. The first-order chi connectivity index (χ1) is 16.7. The molecule has 188 valence electrons. The van der Waals surface area contributed by atoms with E-state index in [2.05, 4.69) is 52.7 Å². The molecule has 1 unspecified atom stereocenters. The summed E-state index contributed by atoms with van der Waals surface area (Å²) >= 11 is 3.14. The van der Waals surface area contributed by atoms with Crippen molar-refractivity contribution in [1.82, 2.24) is 9.55 Å². The molecule has 1 aromatic heterocycles. The molecule has 2 aromatic carbocycles. The number of nitrogens with one attached hydrogen (secondary N) is 1. The Morgan fingerprint density at radius 2 is 1.83 bits per heavy atom. The zero-order valence-corrected chi connectivity index (χ0v) is 23.4. The Labute approximate surface area is 219 Å². The molecular formula is C27H35BrN4O2S. The highest BCUT2D eigenvalue weighted by Crippen LogP contribution is 2.33. The molecule has 0 saturated heterocycles. The van der Waals surface area contributed by atoms with Gasteiger partial charge in [-0.05, 0) is 61.2 Å². The summed E-state index contributed by atoms with van der Waals surface area (Å²) in [5, 5.41) is 3.01. The first-order valence-electron chi connectivity index (χ1n) is 12.3. The van der Waals surface area contributed by atoms with Gasteiger partial charge in [-0.2, -0.15) is 0 Å². The summed E-state index contributed by atoms with van der Waals surface area (Å²) in [5.41, 5.74) is 3.57. The van der Waals surface area contributed by atoms with Crippen LogP contribution in [0.3, 0.4) is 0 Å². The lowest BCUT2D eigenvalue weighted by atomic mass is 9.88. The van der Waals surface area contributed by atoms with Crippen molar-refractivity contribution < 1.29 is 9.00 Å². The molecule has 1 aliphatic rings. The van der Waals surface area contributed by atoms with Crippen molar-refractivity contribution in [3.8, 4) is 0 Å². The normalized spacial score (nSPS) is 15.8. The van der Waals surface area contributed by atoms with Gasteiger partial charge in [0.2, 0.25) is 5.91 Å². The van der Waals surface area contributed by atoms with Gasteiger partial charge < -0.3 is 9.88 Å². The van der Waals surface area contributed by atoms with Crippen LogP contribution in [0.2, 0.25) is 0 Å². The van der Waals surface area contributed by atoms with Crippen molar-refractivity contribution in [1.29, 1.82) is 0 Å². The molecule has 1 amide bonds. The minimum Gasteiger partial charge on any atom is -0.327 e. The summed E-state index contributed by atoms with van der Waals surface area (Å²) in [6, 6.07) is 13.3. The largest absolute Gasteiger partial charge is 0.327 e. The van der Waals surface area contributed by atoms with Gasteiger partial charge in [-0.1, -0.05) is 56.0 Å². The molecular weight excluding hydrogens is 524 g/mol.